The Kier molecular flexibility index (Phi) is 5.23. The van der Waals surface area contributed by atoms with Crippen LogP contribution < -0.4 is 10.6 Å². The second-order valence-electron chi connectivity index (χ2n) is 6.09. The molecule has 0 radical (unpaired) electrons. The summed E-state index contributed by atoms with van der Waals surface area (Å²) in [6.45, 7) is 0.497. The lowest BCUT2D eigenvalue weighted by Gasteiger charge is -2.11. The molecule has 5 nitrogen and oxygen atoms in total. The average molecular weight is 336 g/mol. The molecule has 2 amide bonds. The van der Waals surface area contributed by atoms with Gasteiger partial charge >= 0.3 is 0 Å². The fraction of sp³-hybridized carbons (Fsp3) is 0.250. The molecule has 25 heavy (non-hydrogen) atoms. The summed E-state index contributed by atoms with van der Waals surface area (Å²) in [7, 11) is 0. The van der Waals surface area contributed by atoms with Crippen molar-refractivity contribution in [3.63, 3.8) is 0 Å². The van der Waals surface area contributed by atoms with E-state index >= 15 is 0 Å². The standard InChI is InChI=1S/C20H20N2O3/c23-18-11-10-17(22-18)20(25)21-13-12-14-6-8-16(9-7-14)19(24)15-4-2-1-3-5-15/h1-9,17H,10-13H2,(H,21,25)(H,22,23). The van der Waals surface area contributed by atoms with Gasteiger partial charge in [0.05, 0.1) is 0 Å². The van der Waals surface area contributed by atoms with E-state index in [4.69, 9.17) is 0 Å². The van der Waals surface area contributed by atoms with Gasteiger partial charge in [-0.15, -0.1) is 0 Å². The van der Waals surface area contributed by atoms with Crippen LogP contribution in [0.15, 0.2) is 54.6 Å². The van der Waals surface area contributed by atoms with Crippen molar-refractivity contribution in [2.45, 2.75) is 25.3 Å². The minimum absolute atomic E-state index is 0.00238. The second kappa shape index (κ2) is 7.75. The first-order valence-corrected chi connectivity index (χ1v) is 8.39. The van der Waals surface area contributed by atoms with Gasteiger partial charge in [-0.1, -0.05) is 54.6 Å². The Morgan fingerprint density at radius 2 is 1.68 bits per heavy atom. The minimum Gasteiger partial charge on any atom is -0.354 e. The van der Waals surface area contributed by atoms with Gasteiger partial charge in [-0.05, 0) is 18.4 Å². The van der Waals surface area contributed by atoms with E-state index in [1.54, 1.807) is 12.1 Å². The zero-order valence-corrected chi connectivity index (χ0v) is 13.8. The number of carbonyl (C=O) groups is 3. The van der Waals surface area contributed by atoms with E-state index in [0.29, 0.717) is 36.9 Å². The molecule has 1 aliphatic heterocycles. The molecule has 1 unspecified atom stereocenters. The highest BCUT2D eigenvalue weighted by atomic mass is 16.2. The lowest BCUT2D eigenvalue weighted by Crippen LogP contribution is -2.42. The van der Waals surface area contributed by atoms with E-state index in [9.17, 15) is 14.4 Å². The quantitative estimate of drug-likeness (QED) is 0.791. The van der Waals surface area contributed by atoms with Crippen LogP contribution in [-0.4, -0.2) is 30.2 Å². The molecule has 1 heterocycles. The highest BCUT2D eigenvalue weighted by Crippen LogP contribution is 2.11. The average Bonchev–Trinajstić information content (AvgIpc) is 3.09. The predicted molar refractivity (Wildman–Crippen MR) is 94.2 cm³/mol. The fourth-order valence-electron chi connectivity index (χ4n) is 2.84. The van der Waals surface area contributed by atoms with Gasteiger partial charge in [0.15, 0.2) is 5.78 Å². The van der Waals surface area contributed by atoms with Crippen molar-refractivity contribution < 1.29 is 14.4 Å². The molecule has 2 aromatic carbocycles. The summed E-state index contributed by atoms with van der Waals surface area (Å²) >= 11 is 0. The van der Waals surface area contributed by atoms with Crippen molar-refractivity contribution in [2.75, 3.05) is 6.54 Å². The first kappa shape index (κ1) is 16.9. The fourth-order valence-corrected chi connectivity index (χ4v) is 2.84. The van der Waals surface area contributed by atoms with E-state index in [1.807, 2.05) is 42.5 Å². The largest absolute Gasteiger partial charge is 0.354 e. The summed E-state index contributed by atoms with van der Waals surface area (Å²) in [5.41, 5.74) is 2.36. The van der Waals surface area contributed by atoms with Crippen LogP contribution in [0.5, 0.6) is 0 Å². The van der Waals surface area contributed by atoms with Gasteiger partial charge in [0.2, 0.25) is 11.8 Å². The Morgan fingerprint density at radius 3 is 2.32 bits per heavy atom. The Labute approximate surface area is 146 Å². The van der Waals surface area contributed by atoms with Crippen molar-refractivity contribution in [3.05, 3.63) is 71.3 Å². The first-order valence-electron chi connectivity index (χ1n) is 8.39. The van der Waals surface area contributed by atoms with E-state index in [-0.39, 0.29) is 17.6 Å². The van der Waals surface area contributed by atoms with E-state index < -0.39 is 6.04 Å². The number of hydrogen-bond donors (Lipinski definition) is 2. The third-order valence-corrected chi connectivity index (χ3v) is 4.28. The van der Waals surface area contributed by atoms with Crippen molar-refractivity contribution in [1.29, 1.82) is 0 Å². The molecule has 128 valence electrons. The Balaban J connectivity index is 1.50. The van der Waals surface area contributed by atoms with E-state index in [2.05, 4.69) is 10.6 Å². The van der Waals surface area contributed by atoms with Gasteiger partial charge in [-0.25, -0.2) is 0 Å². The number of hydrogen-bond acceptors (Lipinski definition) is 3. The molecule has 5 heteroatoms. The van der Waals surface area contributed by atoms with Crippen molar-refractivity contribution >= 4 is 17.6 Å². The molecular formula is C20H20N2O3. The molecule has 0 spiro atoms. The van der Waals surface area contributed by atoms with Gasteiger partial charge in [0.25, 0.3) is 0 Å². The van der Waals surface area contributed by atoms with Gasteiger partial charge in [0.1, 0.15) is 6.04 Å². The zero-order chi connectivity index (χ0) is 17.6. The number of rotatable bonds is 6. The van der Waals surface area contributed by atoms with Crippen molar-refractivity contribution in [3.8, 4) is 0 Å². The summed E-state index contributed by atoms with van der Waals surface area (Å²) in [6, 6.07) is 16.2. The molecule has 0 aliphatic carbocycles. The summed E-state index contributed by atoms with van der Waals surface area (Å²) < 4.78 is 0. The van der Waals surface area contributed by atoms with Crippen LogP contribution in [0.25, 0.3) is 0 Å². The monoisotopic (exact) mass is 336 g/mol. The lowest BCUT2D eigenvalue weighted by atomic mass is 10.0. The van der Waals surface area contributed by atoms with Crippen LogP contribution in [0.2, 0.25) is 0 Å². The lowest BCUT2D eigenvalue weighted by molar-refractivity contribution is -0.125. The highest BCUT2D eigenvalue weighted by Gasteiger charge is 2.26. The smallest absolute Gasteiger partial charge is 0.242 e. The van der Waals surface area contributed by atoms with Crippen LogP contribution in [0, 0.1) is 0 Å². The molecule has 2 N–H and O–H groups in total. The van der Waals surface area contributed by atoms with Crippen LogP contribution in [-0.2, 0) is 16.0 Å². The van der Waals surface area contributed by atoms with Crippen LogP contribution in [0.1, 0.15) is 34.3 Å². The summed E-state index contributed by atoms with van der Waals surface area (Å²) in [5, 5.41) is 5.49. The third kappa shape index (κ3) is 4.32. The van der Waals surface area contributed by atoms with Crippen molar-refractivity contribution in [1.82, 2.24) is 10.6 Å². The van der Waals surface area contributed by atoms with E-state index in [1.165, 1.54) is 0 Å². The van der Waals surface area contributed by atoms with Gasteiger partial charge in [-0.3, -0.25) is 14.4 Å². The summed E-state index contributed by atoms with van der Waals surface area (Å²) in [4.78, 5) is 35.4. The number of nitrogens with one attached hydrogen (secondary N) is 2. The topological polar surface area (TPSA) is 75.3 Å². The van der Waals surface area contributed by atoms with Crippen LogP contribution in [0.3, 0.4) is 0 Å². The molecule has 3 rings (SSSR count). The Hall–Kier alpha value is -2.95. The molecule has 0 saturated carbocycles. The maximum atomic E-state index is 12.3. The zero-order valence-electron chi connectivity index (χ0n) is 13.8. The molecule has 0 bridgehead atoms. The Morgan fingerprint density at radius 1 is 1.00 bits per heavy atom. The molecule has 0 aromatic heterocycles. The number of benzene rings is 2. The number of amides is 2. The summed E-state index contributed by atoms with van der Waals surface area (Å²) in [6.07, 6.45) is 1.64. The number of carbonyl (C=O) groups excluding carboxylic acids is 3. The SMILES string of the molecule is O=C1CCC(C(=O)NCCc2ccc(C(=O)c3ccccc3)cc2)N1. The predicted octanol–water partition coefficient (Wildman–Crippen LogP) is 1.85. The second-order valence-corrected chi connectivity index (χ2v) is 6.09. The molecule has 1 fully saturated rings. The van der Waals surface area contributed by atoms with Crippen LogP contribution in [0.4, 0.5) is 0 Å². The third-order valence-electron chi connectivity index (χ3n) is 4.28. The van der Waals surface area contributed by atoms with Gasteiger partial charge in [0, 0.05) is 24.1 Å². The molecular weight excluding hydrogens is 316 g/mol. The minimum atomic E-state index is -0.404. The maximum Gasteiger partial charge on any atom is 0.242 e. The van der Waals surface area contributed by atoms with Crippen molar-refractivity contribution in [2.24, 2.45) is 0 Å². The van der Waals surface area contributed by atoms with Crippen LogP contribution >= 0.6 is 0 Å². The normalized spacial score (nSPS) is 16.3. The van der Waals surface area contributed by atoms with Gasteiger partial charge < -0.3 is 10.6 Å². The highest BCUT2D eigenvalue weighted by molar-refractivity contribution is 6.08. The molecule has 1 saturated heterocycles. The van der Waals surface area contributed by atoms with Gasteiger partial charge in [-0.2, -0.15) is 0 Å². The van der Waals surface area contributed by atoms with E-state index in [0.717, 1.165) is 5.56 Å². The Bertz CT molecular complexity index is 769. The molecule has 1 atom stereocenters. The molecule has 2 aromatic rings. The molecule has 1 aliphatic rings. The number of ketones is 1. The first-order chi connectivity index (χ1) is 12.1. The summed E-state index contributed by atoms with van der Waals surface area (Å²) in [5.74, 6) is -0.210. The maximum absolute atomic E-state index is 12.3.